The normalized spacial score (nSPS) is 15.4. The number of pyridine rings is 1. The van der Waals surface area contributed by atoms with Crippen LogP contribution < -0.4 is 15.0 Å². The van der Waals surface area contributed by atoms with Crippen LogP contribution in [0.15, 0.2) is 42.9 Å². The number of nitrogens with one attached hydrogen (secondary N) is 1. The van der Waals surface area contributed by atoms with Crippen molar-refractivity contribution in [3.63, 3.8) is 0 Å². The first kappa shape index (κ1) is 20.9. The lowest BCUT2D eigenvalue weighted by molar-refractivity contribution is 0.356. The molecule has 6 rings (SSSR count). The van der Waals surface area contributed by atoms with Gasteiger partial charge in [-0.2, -0.15) is 0 Å². The molecule has 2 aliphatic rings. The average molecular weight is 459 g/mol. The van der Waals surface area contributed by atoms with E-state index in [1.807, 2.05) is 29.9 Å². The summed E-state index contributed by atoms with van der Waals surface area (Å²) < 4.78 is 22.1. The number of nitrogens with zero attached hydrogens (tertiary/aromatic N) is 5. The maximum absolute atomic E-state index is 14.6. The van der Waals surface area contributed by atoms with Gasteiger partial charge in [0.25, 0.3) is 0 Å². The van der Waals surface area contributed by atoms with Gasteiger partial charge in [0, 0.05) is 66.9 Å². The van der Waals surface area contributed by atoms with Crippen molar-refractivity contribution >= 4 is 17.4 Å². The average Bonchev–Trinajstić information content (AvgIpc) is 3.50. The van der Waals surface area contributed by atoms with Crippen molar-refractivity contribution in [3.8, 4) is 16.9 Å². The summed E-state index contributed by atoms with van der Waals surface area (Å²) in [5.41, 5.74) is 5.13. The number of hydrogen-bond donors (Lipinski definition) is 1. The van der Waals surface area contributed by atoms with E-state index in [-0.39, 0.29) is 5.82 Å². The second-order valence-corrected chi connectivity index (χ2v) is 8.98. The number of anilines is 2. The molecule has 0 atom stereocenters. The van der Waals surface area contributed by atoms with Crippen LogP contribution in [0.2, 0.25) is 0 Å². The van der Waals surface area contributed by atoms with E-state index < -0.39 is 0 Å². The predicted octanol–water partition coefficient (Wildman–Crippen LogP) is 4.78. The summed E-state index contributed by atoms with van der Waals surface area (Å²) in [6.45, 7) is 5.00. The van der Waals surface area contributed by atoms with Gasteiger partial charge in [0.05, 0.1) is 12.3 Å². The van der Waals surface area contributed by atoms with Crippen molar-refractivity contribution in [1.29, 1.82) is 0 Å². The van der Waals surface area contributed by atoms with E-state index in [0.717, 1.165) is 59.1 Å². The zero-order chi connectivity index (χ0) is 23.1. The van der Waals surface area contributed by atoms with Gasteiger partial charge >= 0.3 is 0 Å². The summed E-state index contributed by atoms with van der Waals surface area (Å²) >= 11 is 0. The number of aryl methyl sites for hydroxylation is 1. The predicted molar refractivity (Wildman–Crippen MR) is 130 cm³/mol. The van der Waals surface area contributed by atoms with Crippen LogP contribution in [0.25, 0.3) is 16.8 Å². The third kappa shape index (κ3) is 3.73. The van der Waals surface area contributed by atoms with Gasteiger partial charge < -0.3 is 15.0 Å². The van der Waals surface area contributed by atoms with Gasteiger partial charge in [-0.05, 0) is 50.5 Å². The summed E-state index contributed by atoms with van der Waals surface area (Å²) in [6, 6.07) is 7.35. The molecule has 4 aromatic rings. The molecule has 8 heteroatoms. The first-order valence-corrected chi connectivity index (χ1v) is 11.9. The largest absolute Gasteiger partial charge is 0.493 e. The Hall–Kier alpha value is -3.68. The zero-order valence-electron chi connectivity index (χ0n) is 19.2. The molecule has 1 aromatic carbocycles. The Morgan fingerprint density at radius 3 is 2.76 bits per heavy atom. The number of ether oxygens (including phenoxy) is 1. The molecule has 0 bridgehead atoms. The molecule has 0 radical (unpaired) electrons. The molecule has 7 nitrogen and oxygen atoms in total. The van der Waals surface area contributed by atoms with Gasteiger partial charge in [0.2, 0.25) is 5.95 Å². The van der Waals surface area contributed by atoms with Crippen molar-refractivity contribution in [1.82, 2.24) is 19.4 Å². The molecular weight excluding hydrogens is 431 g/mol. The Kier molecular flexibility index (Phi) is 5.28. The first-order chi connectivity index (χ1) is 16.7. The number of rotatable bonds is 5. The molecule has 5 heterocycles. The van der Waals surface area contributed by atoms with Crippen LogP contribution in [0.4, 0.5) is 16.2 Å². The third-order valence-corrected chi connectivity index (χ3v) is 6.71. The minimum Gasteiger partial charge on any atom is -0.493 e. The lowest BCUT2D eigenvalue weighted by atomic mass is 10.0. The van der Waals surface area contributed by atoms with Gasteiger partial charge in [-0.25, -0.2) is 19.3 Å². The number of halogens is 1. The van der Waals surface area contributed by atoms with Gasteiger partial charge in [-0.3, -0.25) is 4.40 Å². The minimum absolute atomic E-state index is 0.230. The van der Waals surface area contributed by atoms with Crippen molar-refractivity contribution in [2.24, 2.45) is 0 Å². The summed E-state index contributed by atoms with van der Waals surface area (Å²) in [4.78, 5) is 16.5. The van der Waals surface area contributed by atoms with Crippen LogP contribution in [0, 0.1) is 12.7 Å². The van der Waals surface area contributed by atoms with E-state index in [2.05, 4.69) is 27.3 Å². The van der Waals surface area contributed by atoms with E-state index in [9.17, 15) is 4.39 Å². The van der Waals surface area contributed by atoms with E-state index >= 15 is 0 Å². The lowest BCUT2D eigenvalue weighted by Gasteiger charge is -2.27. The van der Waals surface area contributed by atoms with Crippen molar-refractivity contribution in [2.45, 2.75) is 39.2 Å². The molecule has 0 saturated carbocycles. The standard InChI is InChI=1S/C26H27FN6O/c1-17-16-33-25(31-17)20(18-5-8-24(28-13-18)32-10-3-2-4-11-32)14-29-26(33)30-15-21-19-9-12-34-23(19)7-6-22(21)27/h5-8,13-14,16H,2-4,9-12,15H2,1H3,(H,29,30). The van der Waals surface area contributed by atoms with Crippen LogP contribution in [-0.2, 0) is 13.0 Å². The molecule has 174 valence electrons. The summed E-state index contributed by atoms with van der Waals surface area (Å²) in [6.07, 6.45) is 10.1. The van der Waals surface area contributed by atoms with Crippen LogP contribution >= 0.6 is 0 Å². The molecule has 1 saturated heterocycles. The Labute approximate surface area is 197 Å². The fourth-order valence-corrected chi connectivity index (χ4v) is 4.96. The number of benzene rings is 1. The lowest BCUT2D eigenvalue weighted by Crippen LogP contribution is -2.29. The van der Waals surface area contributed by atoms with E-state index in [1.165, 1.54) is 25.3 Å². The van der Waals surface area contributed by atoms with Crippen LogP contribution in [0.3, 0.4) is 0 Å². The molecule has 3 aromatic heterocycles. The van der Waals surface area contributed by atoms with Crippen LogP contribution in [0.1, 0.15) is 36.1 Å². The molecule has 0 unspecified atom stereocenters. The second-order valence-electron chi connectivity index (χ2n) is 8.98. The highest BCUT2D eigenvalue weighted by Gasteiger charge is 2.20. The topological polar surface area (TPSA) is 67.6 Å². The van der Waals surface area contributed by atoms with E-state index in [1.54, 1.807) is 6.07 Å². The number of aromatic nitrogens is 4. The summed E-state index contributed by atoms with van der Waals surface area (Å²) in [5.74, 6) is 2.18. The summed E-state index contributed by atoms with van der Waals surface area (Å²) in [5, 5.41) is 3.31. The molecule has 0 spiro atoms. The SMILES string of the molecule is Cc1cn2c(NCc3c(F)ccc4c3CCO4)ncc(-c3ccc(N4CCCCC4)nc3)c2n1. The summed E-state index contributed by atoms with van der Waals surface area (Å²) in [7, 11) is 0. The third-order valence-electron chi connectivity index (χ3n) is 6.71. The van der Waals surface area contributed by atoms with Crippen LogP contribution in [0.5, 0.6) is 5.75 Å². The first-order valence-electron chi connectivity index (χ1n) is 11.9. The molecule has 1 N–H and O–H groups in total. The fourth-order valence-electron chi connectivity index (χ4n) is 4.96. The van der Waals surface area contributed by atoms with Crippen molar-refractivity contribution < 1.29 is 9.13 Å². The molecule has 2 aliphatic heterocycles. The maximum Gasteiger partial charge on any atom is 0.208 e. The molecule has 34 heavy (non-hydrogen) atoms. The van der Waals surface area contributed by atoms with Gasteiger partial charge in [0.1, 0.15) is 23.0 Å². The fraction of sp³-hybridized carbons (Fsp3) is 0.346. The highest BCUT2D eigenvalue weighted by Crippen LogP contribution is 2.31. The minimum atomic E-state index is -0.230. The number of imidazole rings is 1. The van der Waals surface area contributed by atoms with Crippen LogP contribution in [-0.4, -0.2) is 39.0 Å². The van der Waals surface area contributed by atoms with E-state index in [0.29, 0.717) is 24.7 Å². The quantitative estimate of drug-likeness (QED) is 0.464. The van der Waals surface area contributed by atoms with Crippen molar-refractivity contribution in [2.75, 3.05) is 29.9 Å². The van der Waals surface area contributed by atoms with Gasteiger partial charge in [-0.15, -0.1) is 0 Å². The number of fused-ring (bicyclic) bond motifs is 2. The van der Waals surface area contributed by atoms with Crippen molar-refractivity contribution in [3.05, 3.63) is 65.5 Å². The Morgan fingerprint density at radius 2 is 1.94 bits per heavy atom. The van der Waals surface area contributed by atoms with Gasteiger partial charge in [0.15, 0.2) is 0 Å². The highest BCUT2D eigenvalue weighted by atomic mass is 19.1. The monoisotopic (exact) mass is 458 g/mol. The number of piperidine rings is 1. The smallest absolute Gasteiger partial charge is 0.208 e. The molecule has 0 amide bonds. The zero-order valence-corrected chi connectivity index (χ0v) is 19.2. The van der Waals surface area contributed by atoms with E-state index in [4.69, 9.17) is 14.7 Å². The second kappa shape index (κ2) is 8.59. The molecule has 0 aliphatic carbocycles. The number of hydrogen-bond acceptors (Lipinski definition) is 6. The Balaban J connectivity index is 1.29. The highest BCUT2D eigenvalue weighted by molar-refractivity contribution is 5.78. The Bertz CT molecular complexity index is 1340. The molecule has 1 fully saturated rings. The molecular formula is C26H27FN6O. The Morgan fingerprint density at radius 1 is 1.06 bits per heavy atom. The van der Waals surface area contributed by atoms with Gasteiger partial charge in [-0.1, -0.05) is 0 Å². The maximum atomic E-state index is 14.6.